The first kappa shape index (κ1) is 17.4. The molecule has 0 amide bonds. The molecule has 2 rings (SSSR count). The third kappa shape index (κ3) is 5.40. The van der Waals surface area contributed by atoms with E-state index in [4.69, 9.17) is 16.3 Å². The van der Waals surface area contributed by atoms with Crippen molar-refractivity contribution < 1.29 is 18.3 Å². The molecule has 1 aliphatic heterocycles. The van der Waals surface area contributed by atoms with Gasteiger partial charge in [0.25, 0.3) is 0 Å². The number of benzene rings is 1. The van der Waals surface area contributed by atoms with E-state index in [0.29, 0.717) is 23.7 Å². The minimum Gasteiger partial charge on any atom is -0.434 e. The molecule has 1 heterocycles. The van der Waals surface area contributed by atoms with Gasteiger partial charge in [0.05, 0.1) is 6.10 Å². The highest BCUT2D eigenvalue weighted by molar-refractivity contribution is 6.30. The zero-order valence-corrected chi connectivity index (χ0v) is 12.4. The molecule has 0 aliphatic carbocycles. The maximum absolute atomic E-state index is 12.3. The van der Waals surface area contributed by atoms with E-state index in [1.54, 1.807) is 6.07 Å². The number of hydrogen-bond donors (Lipinski definition) is 1. The largest absolute Gasteiger partial charge is 0.434 e. The molecule has 1 aromatic rings. The minimum absolute atomic E-state index is 0. The molecule has 0 radical (unpaired) electrons. The maximum Gasteiger partial charge on any atom is 0.387 e. The molecule has 0 saturated carbocycles. The molecule has 1 fully saturated rings. The fourth-order valence-corrected chi connectivity index (χ4v) is 2.26. The van der Waals surface area contributed by atoms with Gasteiger partial charge in [0.1, 0.15) is 5.75 Å². The second-order valence-electron chi connectivity index (χ2n) is 4.40. The number of halogens is 4. The number of ether oxygens (including phenoxy) is 2. The van der Waals surface area contributed by atoms with E-state index in [-0.39, 0.29) is 24.3 Å². The van der Waals surface area contributed by atoms with Crippen LogP contribution in [-0.4, -0.2) is 25.9 Å². The number of alkyl halides is 2. The molecule has 0 spiro atoms. The molecule has 114 valence electrons. The molecular weight excluding hydrogens is 311 g/mol. The van der Waals surface area contributed by atoms with Gasteiger partial charge in [-0.2, -0.15) is 8.78 Å². The van der Waals surface area contributed by atoms with Gasteiger partial charge in [-0.3, -0.25) is 0 Å². The second-order valence-corrected chi connectivity index (χ2v) is 4.83. The molecule has 0 aromatic heterocycles. The Kier molecular flexibility index (Phi) is 7.51. The van der Waals surface area contributed by atoms with Crippen LogP contribution in [0, 0.1) is 0 Å². The van der Waals surface area contributed by atoms with Gasteiger partial charge in [0.2, 0.25) is 0 Å². The molecule has 1 atom stereocenters. The van der Waals surface area contributed by atoms with Crippen LogP contribution in [-0.2, 0) is 11.3 Å². The molecule has 20 heavy (non-hydrogen) atoms. The molecule has 1 aromatic carbocycles. The Morgan fingerprint density at radius 2 is 2.25 bits per heavy atom. The van der Waals surface area contributed by atoms with E-state index in [2.05, 4.69) is 10.1 Å². The van der Waals surface area contributed by atoms with Gasteiger partial charge >= 0.3 is 6.61 Å². The molecule has 1 saturated heterocycles. The first-order valence-electron chi connectivity index (χ1n) is 6.20. The summed E-state index contributed by atoms with van der Waals surface area (Å²) in [4.78, 5) is 0. The summed E-state index contributed by atoms with van der Waals surface area (Å²) in [6, 6.07) is 4.61. The highest BCUT2D eigenvalue weighted by Crippen LogP contribution is 2.24. The normalized spacial score (nSPS) is 18.1. The number of nitrogens with one attached hydrogen (secondary N) is 1. The van der Waals surface area contributed by atoms with Crippen LogP contribution >= 0.6 is 24.0 Å². The van der Waals surface area contributed by atoms with Crippen molar-refractivity contribution in [2.45, 2.75) is 32.1 Å². The van der Waals surface area contributed by atoms with Gasteiger partial charge in [-0.25, -0.2) is 0 Å². The van der Waals surface area contributed by atoms with Crippen LogP contribution < -0.4 is 10.1 Å². The fraction of sp³-hybridized carbons (Fsp3) is 0.538. The summed E-state index contributed by atoms with van der Waals surface area (Å²) in [6.07, 6.45) is 2.31. The predicted molar refractivity (Wildman–Crippen MR) is 76.0 cm³/mol. The van der Waals surface area contributed by atoms with E-state index in [9.17, 15) is 8.78 Å². The molecular formula is C13H17Cl2F2NO2. The first-order valence-corrected chi connectivity index (χ1v) is 6.58. The quantitative estimate of drug-likeness (QED) is 0.865. The van der Waals surface area contributed by atoms with Crippen molar-refractivity contribution in [1.29, 1.82) is 0 Å². The Morgan fingerprint density at radius 3 is 2.90 bits per heavy atom. The molecule has 1 N–H and O–H groups in total. The van der Waals surface area contributed by atoms with E-state index < -0.39 is 6.61 Å². The van der Waals surface area contributed by atoms with Crippen molar-refractivity contribution in [1.82, 2.24) is 5.32 Å². The summed E-state index contributed by atoms with van der Waals surface area (Å²) >= 11 is 5.86. The van der Waals surface area contributed by atoms with Gasteiger partial charge in [-0.05, 0) is 31.0 Å². The van der Waals surface area contributed by atoms with Crippen LogP contribution in [0.15, 0.2) is 18.2 Å². The maximum atomic E-state index is 12.3. The Bertz CT molecular complexity index is 415. The first-order chi connectivity index (χ1) is 9.15. The Labute approximate surface area is 128 Å². The molecule has 0 bridgehead atoms. The van der Waals surface area contributed by atoms with E-state index in [1.807, 2.05) is 0 Å². The monoisotopic (exact) mass is 327 g/mol. The van der Waals surface area contributed by atoms with Crippen molar-refractivity contribution in [2.24, 2.45) is 0 Å². The van der Waals surface area contributed by atoms with Gasteiger partial charge in [-0.15, -0.1) is 12.4 Å². The second kappa shape index (κ2) is 8.62. The van der Waals surface area contributed by atoms with Crippen molar-refractivity contribution in [3.63, 3.8) is 0 Å². The lowest BCUT2D eigenvalue weighted by atomic mass is 10.2. The average Bonchev–Trinajstić information content (AvgIpc) is 2.85. The summed E-state index contributed by atoms with van der Waals surface area (Å²) in [6.45, 7) is -0.926. The Hall–Kier alpha value is -0.620. The highest BCUT2D eigenvalue weighted by Gasteiger charge is 2.15. The Balaban J connectivity index is 0.00000200. The summed E-state index contributed by atoms with van der Waals surface area (Å²) in [5, 5.41) is 3.67. The summed E-state index contributed by atoms with van der Waals surface area (Å²) in [5.74, 6) is 0.152. The van der Waals surface area contributed by atoms with Gasteiger partial charge in [0, 0.05) is 30.3 Å². The third-order valence-corrected chi connectivity index (χ3v) is 3.19. The number of hydrogen-bond acceptors (Lipinski definition) is 3. The minimum atomic E-state index is -2.84. The standard InChI is InChI=1S/C13H16ClF2NO2.ClH/c14-10-3-4-12(19-13(15)16)9(6-10)7-17-8-11-2-1-5-18-11;/h3-4,6,11,13,17H,1-2,5,7-8H2;1H. The lowest BCUT2D eigenvalue weighted by molar-refractivity contribution is -0.0505. The predicted octanol–water partition coefficient (Wildman–Crippen LogP) is 3.63. The zero-order valence-electron chi connectivity index (χ0n) is 10.8. The SMILES string of the molecule is Cl.FC(F)Oc1ccc(Cl)cc1CNCC1CCCO1. The zero-order chi connectivity index (χ0) is 13.7. The molecule has 1 unspecified atom stereocenters. The number of rotatable bonds is 6. The fourth-order valence-electron chi connectivity index (χ4n) is 2.07. The summed E-state index contributed by atoms with van der Waals surface area (Å²) < 4.78 is 34.5. The third-order valence-electron chi connectivity index (χ3n) is 2.95. The molecule has 7 heteroatoms. The van der Waals surface area contributed by atoms with Crippen LogP contribution in [0.25, 0.3) is 0 Å². The van der Waals surface area contributed by atoms with Crippen LogP contribution in [0.4, 0.5) is 8.78 Å². The van der Waals surface area contributed by atoms with Gasteiger partial charge in [0.15, 0.2) is 0 Å². The summed E-state index contributed by atoms with van der Waals surface area (Å²) in [5.41, 5.74) is 0.616. The van der Waals surface area contributed by atoms with Crippen LogP contribution in [0.2, 0.25) is 5.02 Å². The topological polar surface area (TPSA) is 30.5 Å². The van der Waals surface area contributed by atoms with Gasteiger partial charge < -0.3 is 14.8 Å². The lowest BCUT2D eigenvalue weighted by Crippen LogP contribution is -2.26. The summed E-state index contributed by atoms with van der Waals surface area (Å²) in [7, 11) is 0. The lowest BCUT2D eigenvalue weighted by Gasteiger charge is -2.14. The van der Waals surface area contributed by atoms with Crippen LogP contribution in [0.1, 0.15) is 18.4 Å². The smallest absolute Gasteiger partial charge is 0.387 e. The van der Waals surface area contributed by atoms with Crippen molar-refractivity contribution in [3.05, 3.63) is 28.8 Å². The van der Waals surface area contributed by atoms with Crippen LogP contribution in [0.5, 0.6) is 5.75 Å². The van der Waals surface area contributed by atoms with Crippen LogP contribution in [0.3, 0.4) is 0 Å². The van der Waals surface area contributed by atoms with E-state index in [0.717, 1.165) is 19.4 Å². The molecule has 3 nitrogen and oxygen atoms in total. The Morgan fingerprint density at radius 1 is 1.45 bits per heavy atom. The van der Waals surface area contributed by atoms with Crippen molar-refractivity contribution >= 4 is 24.0 Å². The molecule has 1 aliphatic rings. The van der Waals surface area contributed by atoms with E-state index in [1.165, 1.54) is 12.1 Å². The van der Waals surface area contributed by atoms with Crippen molar-refractivity contribution in [3.8, 4) is 5.75 Å². The van der Waals surface area contributed by atoms with Gasteiger partial charge in [-0.1, -0.05) is 11.6 Å². The van der Waals surface area contributed by atoms with Crippen molar-refractivity contribution in [2.75, 3.05) is 13.2 Å². The average molecular weight is 328 g/mol. The van der Waals surface area contributed by atoms with E-state index >= 15 is 0 Å². The highest BCUT2D eigenvalue weighted by atomic mass is 35.5.